The van der Waals surface area contributed by atoms with Gasteiger partial charge in [0.2, 0.25) is 0 Å². The van der Waals surface area contributed by atoms with Crippen molar-refractivity contribution in [1.29, 1.82) is 0 Å². The lowest BCUT2D eigenvalue weighted by Gasteiger charge is -2.06. The molecule has 0 bridgehead atoms. The molecular weight excluding hydrogens is 214 g/mol. The van der Waals surface area contributed by atoms with Crippen LogP contribution in [0.5, 0.6) is 0 Å². The number of carboxylic acid groups (broad SMARTS) is 1. The monoisotopic (exact) mass is 225 g/mol. The highest BCUT2D eigenvalue weighted by atomic mass is 16.4. The molecule has 1 aliphatic rings. The summed E-state index contributed by atoms with van der Waals surface area (Å²) < 4.78 is 0. The Morgan fingerprint density at radius 3 is 2.53 bits per heavy atom. The van der Waals surface area contributed by atoms with Crippen LogP contribution in [-0.2, 0) is 0 Å². The minimum atomic E-state index is -0.911. The summed E-state index contributed by atoms with van der Waals surface area (Å²) in [7, 11) is 0. The summed E-state index contributed by atoms with van der Waals surface area (Å²) in [5, 5.41) is 9.22. The van der Waals surface area contributed by atoms with E-state index in [0.717, 1.165) is 22.3 Å². The Kier molecular flexibility index (Phi) is 2.03. The number of rotatable bonds is 1. The zero-order chi connectivity index (χ0) is 12.0. The van der Waals surface area contributed by atoms with E-state index in [4.69, 9.17) is 5.73 Å². The second kappa shape index (κ2) is 3.43. The summed E-state index contributed by atoms with van der Waals surface area (Å²) in [6, 6.07) is 12.7. The van der Waals surface area contributed by atoms with E-state index in [1.807, 2.05) is 30.3 Å². The van der Waals surface area contributed by atoms with Gasteiger partial charge in [0.15, 0.2) is 0 Å². The second-order valence-electron chi connectivity index (χ2n) is 4.14. The fraction of sp³-hybridized carbons (Fsp3) is 0.0714. The zero-order valence-electron chi connectivity index (χ0n) is 9.05. The molecule has 3 N–H and O–H groups in total. The van der Waals surface area contributed by atoms with Gasteiger partial charge in [-0.15, -0.1) is 0 Å². The molecule has 0 saturated carbocycles. The molecular formula is C14H11NO2. The molecule has 0 amide bonds. The van der Waals surface area contributed by atoms with Crippen LogP contribution in [0.4, 0.5) is 0 Å². The predicted octanol–water partition coefficient (Wildman–Crippen LogP) is 2.41. The van der Waals surface area contributed by atoms with Crippen LogP contribution >= 0.6 is 0 Å². The standard InChI is InChI=1S/C14H11NO2/c15-13-9-5-2-1-4-8(9)12-10(13)6-3-7-11(12)14(16)17/h1-7,13H,15H2,(H,16,17). The van der Waals surface area contributed by atoms with E-state index in [0.29, 0.717) is 5.56 Å². The van der Waals surface area contributed by atoms with Crippen molar-refractivity contribution in [3.05, 3.63) is 59.2 Å². The minimum Gasteiger partial charge on any atom is -0.478 e. The Hall–Kier alpha value is -2.13. The third-order valence-corrected chi connectivity index (χ3v) is 3.23. The van der Waals surface area contributed by atoms with Crippen molar-refractivity contribution in [1.82, 2.24) is 0 Å². The van der Waals surface area contributed by atoms with E-state index in [1.165, 1.54) is 0 Å². The number of hydrogen-bond donors (Lipinski definition) is 2. The van der Waals surface area contributed by atoms with E-state index in [1.54, 1.807) is 12.1 Å². The van der Waals surface area contributed by atoms with Crippen molar-refractivity contribution in [3.8, 4) is 11.1 Å². The van der Waals surface area contributed by atoms with Gasteiger partial charge in [-0.1, -0.05) is 36.4 Å². The van der Waals surface area contributed by atoms with Gasteiger partial charge in [0.25, 0.3) is 0 Å². The maximum absolute atomic E-state index is 11.2. The molecule has 0 heterocycles. The van der Waals surface area contributed by atoms with E-state index >= 15 is 0 Å². The Labute approximate surface area is 98.5 Å². The van der Waals surface area contributed by atoms with Gasteiger partial charge in [-0.25, -0.2) is 4.79 Å². The fourth-order valence-electron chi connectivity index (χ4n) is 2.47. The largest absolute Gasteiger partial charge is 0.478 e. The van der Waals surface area contributed by atoms with E-state index in [-0.39, 0.29) is 6.04 Å². The number of nitrogens with two attached hydrogens (primary N) is 1. The average molecular weight is 225 g/mol. The summed E-state index contributed by atoms with van der Waals surface area (Å²) in [4.78, 5) is 11.2. The van der Waals surface area contributed by atoms with Gasteiger partial charge in [0.05, 0.1) is 11.6 Å². The van der Waals surface area contributed by atoms with Crippen LogP contribution < -0.4 is 5.73 Å². The first-order valence-electron chi connectivity index (χ1n) is 5.41. The molecule has 17 heavy (non-hydrogen) atoms. The van der Waals surface area contributed by atoms with Crippen molar-refractivity contribution in [2.45, 2.75) is 6.04 Å². The van der Waals surface area contributed by atoms with Crippen molar-refractivity contribution < 1.29 is 9.90 Å². The van der Waals surface area contributed by atoms with Gasteiger partial charge in [0, 0.05) is 5.56 Å². The van der Waals surface area contributed by atoms with Crippen LogP contribution in [0.1, 0.15) is 27.5 Å². The smallest absolute Gasteiger partial charge is 0.336 e. The van der Waals surface area contributed by atoms with Crippen LogP contribution in [0.15, 0.2) is 42.5 Å². The summed E-state index contributed by atoms with van der Waals surface area (Å²) in [5.74, 6) is -0.911. The lowest BCUT2D eigenvalue weighted by Crippen LogP contribution is -2.08. The van der Waals surface area contributed by atoms with Crippen molar-refractivity contribution in [2.24, 2.45) is 5.73 Å². The quantitative estimate of drug-likeness (QED) is 0.783. The topological polar surface area (TPSA) is 63.3 Å². The third-order valence-electron chi connectivity index (χ3n) is 3.23. The summed E-state index contributed by atoms with van der Waals surface area (Å²) >= 11 is 0. The molecule has 1 unspecified atom stereocenters. The average Bonchev–Trinajstić information content (AvgIpc) is 2.64. The van der Waals surface area contributed by atoms with E-state index in [9.17, 15) is 9.90 Å². The Morgan fingerprint density at radius 1 is 1.06 bits per heavy atom. The SMILES string of the molecule is NC1c2ccccc2-c2c(C(=O)O)cccc21. The van der Waals surface area contributed by atoms with Gasteiger partial charge in [-0.3, -0.25) is 0 Å². The third kappa shape index (κ3) is 1.29. The zero-order valence-corrected chi connectivity index (χ0v) is 9.05. The molecule has 0 aliphatic heterocycles. The molecule has 2 aromatic carbocycles. The summed E-state index contributed by atoms with van der Waals surface area (Å²) in [6.07, 6.45) is 0. The van der Waals surface area contributed by atoms with Crippen LogP contribution in [-0.4, -0.2) is 11.1 Å². The molecule has 3 nitrogen and oxygen atoms in total. The molecule has 84 valence electrons. The molecule has 3 rings (SSSR count). The first-order chi connectivity index (χ1) is 8.20. The number of aromatic carboxylic acids is 1. The number of hydrogen-bond acceptors (Lipinski definition) is 2. The normalized spacial score (nSPS) is 16.4. The van der Waals surface area contributed by atoms with Crippen LogP contribution in [0.3, 0.4) is 0 Å². The van der Waals surface area contributed by atoms with Gasteiger partial charge in [-0.05, 0) is 22.8 Å². The number of fused-ring (bicyclic) bond motifs is 3. The molecule has 2 aromatic rings. The maximum atomic E-state index is 11.2. The lowest BCUT2D eigenvalue weighted by atomic mass is 9.99. The predicted molar refractivity (Wildman–Crippen MR) is 64.9 cm³/mol. The molecule has 1 atom stereocenters. The second-order valence-corrected chi connectivity index (χ2v) is 4.14. The maximum Gasteiger partial charge on any atom is 0.336 e. The molecule has 0 radical (unpaired) electrons. The van der Waals surface area contributed by atoms with E-state index in [2.05, 4.69) is 0 Å². The van der Waals surface area contributed by atoms with Crippen molar-refractivity contribution in [2.75, 3.05) is 0 Å². The van der Waals surface area contributed by atoms with Crippen molar-refractivity contribution in [3.63, 3.8) is 0 Å². The Bertz CT molecular complexity index is 619. The van der Waals surface area contributed by atoms with E-state index < -0.39 is 5.97 Å². The van der Waals surface area contributed by atoms with Gasteiger partial charge in [-0.2, -0.15) is 0 Å². The van der Waals surface area contributed by atoms with Crippen LogP contribution in [0.25, 0.3) is 11.1 Å². The lowest BCUT2D eigenvalue weighted by molar-refractivity contribution is 0.0697. The molecule has 0 fully saturated rings. The van der Waals surface area contributed by atoms with Crippen LogP contribution in [0, 0.1) is 0 Å². The first-order valence-corrected chi connectivity index (χ1v) is 5.41. The summed E-state index contributed by atoms with van der Waals surface area (Å²) in [6.45, 7) is 0. The highest BCUT2D eigenvalue weighted by molar-refractivity contribution is 5.99. The number of carbonyl (C=O) groups is 1. The summed E-state index contributed by atoms with van der Waals surface area (Å²) in [5.41, 5.74) is 10.1. The highest BCUT2D eigenvalue weighted by Crippen LogP contribution is 2.43. The minimum absolute atomic E-state index is 0.222. The Balaban J connectivity index is 2.38. The number of benzene rings is 2. The molecule has 3 heteroatoms. The molecule has 1 aliphatic carbocycles. The van der Waals surface area contributed by atoms with Crippen LogP contribution in [0.2, 0.25) is 0 Å². The first kappa shape index (κ1) is 10.1. The van der Waals surface area contributed by atoms with Crippen molar-refractivity contribution >= 4 is 5.97 Å². The molecule has 0 spiro atoms. The highest BCUT2D eigenvalue weighted by Gasteiger charge is 2.28. The fourth-order valence-corrected chi connectivity index (χ4v) is 2.47. The number of carboxylic acids is 1. The molecule has 0 aromatic heterocycles. The van der Waals surface area contributed by atoms with Gasteiger partial charge >= 0.3 is 5.97 Å². The molecule has 0 saturated heterocycles. The Morgan fingerprint density at radius 2 is 1.76 bits per heavy atom. The van der Waals surface area contributed by atoms with Gasteiger partial charge in [0.1, 0.15) is 0 Å². The van der Waals surface area contributed by atoms with Gasteiger partial charge < -0.3 is 10.8 Å².